The number of hydrogen-bond acceptors (Lipinski definition) is 3. The van der Waals surface area contributed by atoms with E-state index in [0.29, 0.717) is 12.2 Å². The Morgan fingerprint density at radius 1 is 1.19 bits per heavy atom. The number of hydrogen-bond donors (Lipinski definition) is 2. The van der Waals surface area contributed by atoms with Crippen LogP contribution in [-0.2, 0) is 16.1 Å². The van der Waals surface area contributed by atoms with E-state index < -0.39 is 17.8 Å². The van der Waals surface area contributed by atoms with Gasteiger partial charge in [0.15, 0.2) is 0 Å². The monoisotopic (exact) mass is 365 g/mol. The molecule has 0 unspecified atom stereocenters. The topological polar surface area (TPSA) is 84.2 Å². The van der Waals surface area contributed by atoms with Crippen molar-refractivity contribution in [3.63, 3.8) is 0 Å². The standard InChI is InChI=1S/C21H23N3O3/c1-12-8-13(2)24(23-12)11-14-4-3-5-17(9-14)22-20(25)18-15-6-7-16(10-15)19(18)21(26)27/h3-9,15-16,18-19H,10-11H2,1-2H3,(H,22,25)(H,26,27)/t15-,16-,18+,19+/m0/s1. The summed E-state index contributed by atoms with van der Waals surface area (Å²) < 4.78 is 1.93. The fourth-order valence-corrected chi connectivity index (χ4v) is 4.50. The largest absolute Gasteiger partial charge is 0.481 e. The minimum atomic E-state index is -0.884. The molecule has 0 saturated heterocycles. The maximum absolute atomic E-state index is 12.8. The Labute approximate surface area is 157 Å². The van der Waals surface area contributed by atoms with Gasteiger partial charge in [-0.15, -0.1) is 0 Å². The fourth-order valence-electron chi connectivity index (χ4n) is 4.50. The third kappa shape index (κ3) is 3.27. The van der Waals surface area contributed by atoms with E-state index in [4.69, 9.17) is 0 Å². The number of carboxylic acids is 1. The van der Waals surface area contributed by atoms with Crippen LogP contribution in [0.1, 0.15) is 23.4 Å². The Balaban J connectivity index is 1.50. The second-order valence-electron chi connectivity index (χ2n) is 7.61. The van der Waals surface area contributed by atoms with Gasteiger partial charge in [0.25, 0.3) is 0 Å². The molecule has 6 nitrogen and oxygen atoms in total. The third-order valence-electron chi connectivity index (χ3n) is 5.68. The summed E-state index contributed by atoms with van der Waals surface area (Å²) in [7, 11) is 0. The molecule has 2 N–H and O–H groups in total. The summed E-state index contributed by atoms with van der Waals surface area (Å²) in [6.45, 7) is 4.60. The summed E-state index contributed by atoms with van der Waals surface area (Å²) in [5.74, 6) is -2.22. The van der Waals surface area contributed by atoms with Crippen LogP contribution in [0.5, 0.6) is 0 Å². The van der Waals surface area contributed by atoms with Gasteiger partial charge in [-0.05, 0) is 55.9 Å². The molecule has 27 heavy (non-hydrogen) atoms. The Bertz CT molecular complexity index is 931. The Kier molecular flexibility index (Phi) is 4.34. The number of aryl methyl sites for hydroxylation is 2. The molecular formula is C21H23N3O3. The normalized spacial score (nSPS) is 25.7. The number of amides is 1. The molecule has 2 aliphatic carbocycles. The van der Waals surface area contributed by atoms with Crippen molar-refractivity contribution in [2.45, 2.75) is 26.8 Å². The number of aliphatic carboxylic acids is 1. The summed E-state index contributed by atoms with van der Waals surface area (Å²) >= 11 is 0. The molecule has 0 aliphatic heterocycles. The van der Waals surface area contributed by atoms with Crippen LogP contribution in [0.15, 0.2) is 42.5 Å². The second-order valence-corrected chi connectivity index (χ2v) is 7.61. The third-order valence-corrected chi connectivity index (χ3v) is 5.68. The molecule has 4 rings (SSSR count). The molecule has 1 fully saturated rings. The van der Waals surface area contributed by atoms with Gasteiger partial charge >= 0.3 is 5.97 Å². The number of allylic oxidation sites excluding steroid dienone is 2. The maximum Gasteiger partial charge on any atom is 0.307 e. The van der Waals surface area contributed by atoms with E-state index in [1.165, 1.54) is 0 Å². The van der Waals surface area contributed by atoms with Crippen molar-refractivity contribution in [1.29, 1.82) is 0 Å². The zero-order chi connectivity index (χ0) is 19.1. The van der Waals surface area contributed by atoms with Crippen molar-refractivity contribution in [3.05, 3.63) is 59.4 Å². The van der Waals surface area contributed by atoms with E-state index in [9.17, 15) is 14.7 Å². The minimum Gasteiger partial charge on any atom is -0.481 e. The quantitative estimate of drug-likeness (QED) is 0.798. The fraction of sp³-hybridized carbons (Fsp3) is 0.381. The Morgan fingerprint density at radius 3 is 2.59 bits per heavy atom. The zero-order valence-electron chi connectivity index (χ0n) is 15.4. The summed E-state index contributed by atoms with van der Waals surface area (Å²) in [4.78, 5) is 24.4. The van der Waals surface area contributed by atoms with Crippen molar-refractivity contribution >= 4 is 17.6 Å². The first-order valence-corrected chi connectivity index (χ1v) is 9.24. The molecule has 2 bridgehead atoms. The van der Waals surface area contributed by atoms with Gasteiger partial charge in [0.2, 0.25) is 5.91 Å². The van der Waals surface area contributed by atoms with Gasteiger partial charge in [-0.2, -0.15) is 5.10 Å². The number of carboxylic acid groups (broad SMARTS) is 1. The van der Waals surface area contributed by atoms with Crippen molar-refractivity contribution in [2.24, 2.45) is 23.7 Å². The molecule has 4 atom stereocenters. The van der Waals surface area contributed by atoms with Crippen molar-refractivity contribution in [2.75, 3.05) is 5.32 Å². The summed E-state index contributed by atoms with van der Waals surface area (Å²) in [5, 5.41) is 16.9. The molecule has 2 aliphatic rings. The molecule has 1 aromatic heterocycles. The number of carbonyl (C=O) groups is 2. The van der Waals surface area contributed by atoms with Crippen LogP contribution >= 0.6 is 0 Å². The number of nitrogens with zero attached hydrogens (tertiary/aromatic N) is 2. The van der Waals surface area contributed by atoms with Crippen LogP contribution in [0.3, 0.4) is 0 Å². The van der Waals surface area contributed by atoms with Gasteiger partial charge in [-0.25, -0.2) is 0 Å². The average molecular weight is 365 g/mol. The SMILES string of the molecule is Cc1cc(C)n(Cc2cccc(NC(=O)[C@H]3[C@H](C(=O)O)[C@H]4C=C[C@H]3C4)c2)n1. The predicted molar refractivity (Wildman–Crippen MR) is 101 cm³/mol. The minimum absolute atomic E-state index is 0.0222. The number of rotatable bonds is 5. The molecule has 1 aromatic carbocycles. The van der Waals surface area contributed by atoms with Gasteiger partial charge in [0.05, 0.1) is 24.1 Å². The zero-order valence-corrected chi connectivity index (χ0v) is 15.4. The van der Waals surface area contributed by atoms with Crippen LogP contribution in [0.2, 0.25) is 0 Å². The van der Waals surface area contributed by atoms with E-state index >= 15 is 0 Å². The maximum atomic E-state index is 12.8. The highest BCUT2D eigenvalue weighted by Gasteiger charge is 2.51. The average Bonchev–Trinajstić information content (AvgIpc) is 3.30. The van der Waals surface area contributed by atoms with E-state index in [2.05, 4.69) is 10.4 Å². The Morgan fingerprint density at radius 2 is 1.93 bits per heavy atom. The number of fused-ring (bicyclic) bond motifs is 2. The number of benzene rings is 1. The van der Waals surface area contributed by atoms with Gasteiger partial charge in [-0.3, -0.25) is 14.3 Å². The first-order valence-electron chi connectivity index (χ1n) is 9.24. The van der Waals surface area contributed by atoms with Crippen molar-refractivity contribution < 1.29 is 14.7 Å². The molecule has 6 heteroatoms. The van der Waals surface area contributed by atoms with Crippen LogP contribution < -0.4 is 5.32 Å². The highest BCUT2D eigenvalue weighted by molar-refractivity contribution is 5.96. The number of nitrogens with one attached hydrogen (secondary N) is 1. The molecule has 0 spiro atoms. The molecule has 2 aromatic rings. The molecule has 140 valence electrons. The lowest BCUT2D eigenvalue weighted by Crippen LogP contribution is -2.36. The molecular weight excluding hydrogens is 342 g/mol. The first-order chi connectivity index (χ1) is 12.9. The molecule has 0 radical (unpaired) electrons. The van der Waals surface area contributed by atoms with Gasteiger partial charge in [0.1, 0.15) is 0 Å². The number of aromatic nitrogens is 2. The lowest BCUT2D eigenvalue weighted by Gasteiger charge is -2.24. The summed E-state index contributed by atoms with van der Waals surface area (Å²) in [6.07, 6.45) is 4.70. The predicted octanol–water partition coefficient (Wildman–Crippen LogP) is 3.01. The lowest BCUT2D eigenvalue weighted by molar-refractivity contribution is -0.146. The van der Waals surface area contributed by atoms with E-state index in [-0.39, 0.29) is 17.7 Å². The molecule has 1 heterocycles. The van der Waals surface area contributed by atoms with E-state index in [0.717, 1.165) is 23.4 Å². The smallest absolute Gasteiger partial charge is 0.307 e. The molecule has 1 saturated carbocycles. The lowest BCUT2D eigenvalue weighted by atomic mass is 9.82. The Hall–Kier alpha value is -2.89. The second kappa shape index (κ2) is 6.68. The van der Waals surface area contributed by atoms with E-state index in [1.807, 2.05) is 61.0 Å². The molecule has 1 amide bonds. The van der Waals surface area contributed by atoms with Crippen LogP contribution in [0.25, 0.3) is 0 Å². The highest BCUT2D eigenvalue weighted by atomic mass is 16.4. The van der Waals surface area contributed by atoms with Gasteiger partial charge in [-0.1, -0.05) is 24.3 Å². The highest BCUT2D eigenvalue weighted by Crippen LogP contribution is 2.48. The van der Waals surface area contributed by atoms with E-state index in [1.54, 1.807) is 0 Å². The van der Waals surface area contributed by atoms with Gasteiger partial charge in [0, 0.05) is 11.4 Å². The van der Waals surface area contributed by atoms with Gasteiger partial charge < -0.3 is 10.4 Å². The van der Waals surface area contributed by atoms with Crippen molar-refractivity contribution in [1.82, 2.24) is 9.78 Å². The number of carbonyl (C=O) groups excluding carboxylic acids is 1. The first kappa shape index (κ1) is 17.5. The van der Waals surface area contributed by atoms with Crippen LogP contribution in [0.4, 0.5) is 5.69 Å². The van der Waals surface area contributed by atoms with Crippen molar-refractivity contribution in [3.8, 4) is 0 Å². The van der Waals surface area contributed by atoms with Crippen LogP contribution in [-0.4, -0.2) is 26.8 Å². The summed E-state index contributed by atoms with van der Waals surface area (Å²) in [6, 6.07) is 9.67. The summed E-state index contributed by atoms with van der Waals surface area (Å²) in [5.41, 5.74) is 3.78. The van der Waals surface area contributed by atoms with Crippen LogP contribution in [0, 0.1) is 37.5 Å². The number of anilines is 1.